The fraction of sp³-hybridized carbons (Fsp3) is 0.462. The second-order valence-corrected chi connectivity index (χ2v) is 5.96. The molecule has 0 fully saturated rings. The second-order valence-electron chi connectivity index (χ2n) is 4.24. The standard InChI is InChI=1S/C13H16ClN3OS/c1-4-11-15-12(5-2)17(16-11)8(3)13(18)9-6-7-10(14)19-9/h6-8H,4-5H2,1-3H3. The Hall–Kier alpha value is -1.20. The summed E-state index contributed by atoms with van der Waals surface area (Å²) < 4.78 is 2.36. The first-order valence-corrected chi connectivity index (χ1v) is 7.50. The van der Waals surface area contributed by atoms with E-state index in [4.69, 9.17) is 11.6 Å². The molecule has 0 aliphatic carbocycles. The topological polar surface area (TPSA) is 47.8 Å². The lowest BCUT2D eigenvalue weighted by atomic mass is 10.2. The lowest BCUT2D eigenvalue weighted by Gasteiger charge is -2.11. The van der Waals surface area contributed by atoms with E-state index in [0.717, 1.165) is 24.5 Å². The van der Waals surface area contributed by atoms with Crippen molar-refractivity contribution in [2.45, 2.75) is 39.7 Å². The van der Waals surface area contributed by atoms with Gasteiger partial charge in [0.15, 0.2) is 11.6 Å². The van der Waals surface area contributed by atoms with Crippen molar-refractivity contribution in [2.75, 3.05) is 0 Å². The highest BCUT2D eigenvalue weighted by Gasteiger charge is 2.22. The zero-order chi connectivity index (χ0) is 14.0. The number of nitrogens with zero attached hydrogens (tertiary/aromatic N) is 3. The molecule has 6 heteroatoms. The molecule has 2 aromatic rings. The van der Waals surface area contributed by atoms with Crippen LogP contribution in [0.4, 0.5) is 0 Å². The maximum absolute atomic E-state index is 12.4. The van der Waals surface area contributed by atoms with Gasteiger partial charge in [0.25, 0.3) is 0 Å². The highest BCUT2D eigenvalue weighted by Crippen LogP contribution is 2.25. The number of aromatic nitrogens is 3. The van der Waals surface area contributed by atoms with Gasteiger partial charge in [0.05, 0.1) is 9.21 Å². The number of carbonyl (C=O) groups excluding carboxylic acids is 1. The average molecular weight is 298 g/mol. The third kappa shape index (κ3) is 2.87. The van der Waals surface area contributed by atoms with Crippen molar-refractivity contribution in [3.05, 3.63) is 33.0 Å². The smallest absolute Gasteiger partial charge is 0.197 e. The molecule has 0 amide bonds. The van der Waals surface area contributed by atoms with E-state index < -0.39 is 0 Å². The average Bonchev–Trinajstić information content (AvgIpc) is 3.02. The molecule has 102 valence electrons. The minimum atomic E-state index is -0.350. The van der Waals surface area contributed by atoms with Gasteiger partial charge in [-0.1, -0.05) is 25.4 Å². The number of hydrogen-bond acceptors (Lipinski definition) is 4. The molecular formula is C13H16ClN3OS. The Morgan fingerprint density at radius 1 is 1.42 bits per heavy atom. The summed E-state index contributed by atoms with van der Waals surface area (Å²) in [6.45, 7) is 5.87. The fourth-order valence-electron chi connectivity index (χ4n) is 1.87. The molecule has 1 unspecified atom stereocenters. The molecule has 0 aliphatic heterocycles. The summed E-state index contributed by atoms with van der Waals surface area (Å²) in [5.41, 5.74) is 0. The first-order chi connectivity index (χ1) is 9.06. The van der Waals surface area contributed by atoms with Crippen LogP contribution < -0.4 is 0 Å². The van der Waals surface area contributed by atoms with Crippen molar-refractivity contribution in [3.8, 4) is 0 Å². The number of rotatable bonds is 5. The Labute approximate surface area is 121 Å². The first kappa shape index (κ1) is 14.2. The van der Waals surface area contributed by atoms with Gasteiger partial charge < -0.3 is 0 Å². The summed E-state index contributed by atoms with van der Waals surface area (Å²) in [4.78, 5) is 17.5. The molecule has 1 atom stereocenters. The number of hydrogen-bond donors (Lipinski definition) is 0. The zero-order valence-corrected chi connectivity index (χ0v) is 12.8. The molecule has 2 aromatic heterocycles. The number of thiophene rings is 1. The third-order valence-corrected chi connectivity index (χ3v) is 4.19. The van der Waals surface area contributed by atoms with Gasteiger partial charge in [0.1, 0.15) is 11.9 Å². The maximum Gasteiger partial charge on any atom is 0.197 e. The molecule has 4 nitrogen and oxygen atoms in total. The minimum absolute atomic E-state index is 0.0270. The molecule has 0 aromatic carbocycles. The van der Waals surface area contributed by atoms with Crippen molar-refractivity contribution in [3.63, 3.8) is 0 Å². The van der Waals surface area contributed by atoms with Crippen molar-refractivity contribution in [2.24, 2.45) is 0 Å². The molecule has 0 bridgehead atoms. The van der Waals surface area contributed by atoms with Crippen molar-refractivity contribution >= 4 is 28.7 Å². The summed E-state index contributed by atoms with van der Waals surface area (Å²) in [6, 6.07) is 3.15. The molecule has 0 radical (unpaired) electrons. The molecule has 0 aliphatic rings. The number of halogens is 1. The van der Waals surface area contributed by atoms with E-state index in [1.165, 1.54) is 11.3 Å². The van der Waals surface area contributed by atoms with Crippen LogP contribution in [0.2, 0.25) is 4.34 Å². The predicted octanol–water partition coefficient (Wildman–Crippen LogP) is 3.56. The Morgan fingerprint density at radius 2 is 2.16 bits per heavy atom. The molecular weight excluding hydrogens is 282 g/mol. The van der Waals surface area contributed by atoms with E-state index in [1.54, 1.807) is 16.8 Å². The van der Waals surface area contributed by atoms with E-state index in [0.29, 0.717) is 9.21 Å². The van der Waals surface area contributed by atoms with Gasteiger partial charge >= 0.3 is 0 Å². The number of carbonyl (C=O) groups is 1. The molecule has 0 spiro atoms. The van der Waals surface area contributed by atoms with Crippen molar-refractivity contribution < 1.29 is 4.79 Å². The fourth-order valence-corrected chi connectivity index (χ4v) is 2.94. The van der Waals surface area contributed by atoms with E-state index in [2.05, 4.69) is 10.1 Å². The Kier molecular flexibility index (Phi) is 4.37. The molecule has 2 rings (SSSR count). The summed E-state index contributed by atoms with van der Waals surface area (Å²) >= 11 is 7.17. The molecule has 0 saturated heterocycles. The monoisotopic (exact) mass is 297 g/mol. The minimum Gasteiger partial charge on any atom is -0.291 e. The van der Waals surface area contributed by atoms with E-state index in [-0.39, 0.29) is 11.8 Å². The summed E-state index contributed by atoms with van der Waals surface area (Å²) in [6.07, 6.45) is 1.53. The molecule has 2 heterocycles. The first-order valence-electron chi connectivity index (χ1n) is 6.30. The highest BCUT2D eigenvalue weighted by molar-refractivity contribution is 7.18. The van der Waals surface area contributed by atoms with E-state index in [9.17, 15) is 4.79 Å². The van der Waals surface area contributed by atoms with Crippen LogP contribution >= 0.6 is 22.9 Å². The van der Waals surface area contributed by atoms with Gasteiger partial charge in [0, 0.05) is 12.8 Å². The summed E-state index contributed by atoms with van der Waals surface area (Å²) in [5, 5.41) is 4.41. The maximum atomic E-state index is 12.4. The Balaban J connectivity index is 2.30. The highest BCUT2D eigenvalue weighted by atomic mass is 35.5. The van der Waals surface area contributed by atoms with Crippen molar-refractivity contribution in [1.29, 1.82) is 0 Å². The number of Topliss-reactive ketones (excluding diaryl/α,β-unsaturated/α-hetero) is 1. The molecule has 0 N–H and O–H groups in total. The van der Waals surface area contributed by atoms with E-state index >= 15 is 0 Å². The number of ketones is 1. The lowest BCUT2D eigenvalue weighted by molar-refractivity contribution is 0.0930. The summed E-state index contributed by atoms with van der Waals surface area (Å²) in [7, 11) is 0. The Morgan fingerprint density at radius 3 is 2.68 bits per heavy atom. The normalized spacial score (nSPS) is 12.6. The van der Waals surface area contributed by atoms with Gasteiger partial charge in [-0.15, -0.1) is 11.3 Å². The lowest BCUT2D eigenvalue weighted by Crippen LogP contribution is -2.19. The zero-order valence-electron chi connectivity index (χ0n) is 11.2. The van der Waals surface area contributed by atoms with Crippen LogP contribution in [-0.2, 0) is 12.8 Å². The van der Waals surface area contributed by atoms with Gasteiger partial charge in [-0.25, -0.2) is 9.67 Å². The van der Waals surface area contributed by atoms with Gasteiger partial charge in [-0.2, -0.15) is 5.10 Å². The summed E-state index contributed by atoms with van der Waals surface area (Å²) in [5.74, 6) is 1.65. The van der Waals surface area contributed by atoms with Crippen LogP contribution in [0.3, 0.4) is 0 Å². The van der Waals surface area contributed by atoms with Gasteiger partial charge in [-0.3, -0.25) is 4.79 Å². The predicted molar refractivity (Wildman–Crippen MR) is 77.1 cm³/mol. The number of aryl methyl sites for hydroxylation is 2. The quantitative estimate of drug-likeness (QED) is 0.793. The molecule has 0 saturated carbocycles. The third-order valence-electron chi connectivity index (χ3n) is 2.94. The molecule has 19 heavy (non-hydrogen) atoms. The van der Waals surface area contributed by atoms with Gasteiger partial charge in [0.2, 0.25) is 0 Å². The second kappa shape index (κ2) is 5.84. The van der Waals surface area contributed by atoms with Crippen LogP contribution in [0.1, 0.15) is 48.1 Å². The van der Waals surface area contributed by atoms with E-state index in [1.807, 2.05) is 20.8 Å². The van der Waals surface area contributed by atoms with Crippen LogP contribution in [-0.4, -0.2) is 20.5 Å². The SMILES string of the molecule is CCc1nc(CC)n(C(C)C(=O)c2ccc(Cl)s2)n1. The Bertz CT molecular complexity index is 590. The van der Waals surface area contributed by atoms with Crippen LogP contribution in [0, 0.1) is 0 Å². The van der Waals surface area contributed by atoms with Crippen LogP contribution in [0.15, 0.2) is 12.1 Å². The largest absolute Gasteiger partial charge is 0.291 e. The van der Waals surface area contributed by atoms with Crippen LogP contribution in [0.5, 0.6) is 0 Å². The van der Waals surface area contributed by atoms with Crippen molar-refractivity contribution in [1.82, 2.24) is 14.8 Å². The van der Waals surface area contributed by atoms with Gasteiger partial charge in [-0.05, 0) is 19.1 Å². The van der Waals surface area contributed by atoms with Crippen LogP contribution in [0.25, 0.3) is 0 Å².